The Morgan fingerprint density at radius 3 is 2.70 bits per heavy atom. The molecule has 2 aromatic heterocycles. The lowest BCUT2D eigenvalue weighted by molar-refractivity contribution is 0.141. The highest BCUT2D eigenvalue weighted by Gasteiger charge is 2.33. The Balaban J connectivity index is 1.82. The fourth-order valence-corrected chi connectivity index (χ4v) is 3.32. The molecule has 0 saturated carbocycles. The largest absolute Gasteiger partial charge is 0.346 e. The van der Waals surface area contributed by atoms with E-state index in [0.29, 0.717) is 23.6 Å². The number of nitrogens with zero attached hydrogens (tertiary/aromatic N) is 5. The number of alkyl halides is 2. The number of anilines is 1. The first-order valence-electron chi connectivity index (χ1n) is 8.79. The van der Waals surface area contributed by atoms with Crippen LogP contribution in [0.2, 0.25) is 0 Å². The number of rotatable bonds is 4. The highest BCUT2D eigenvalue weighted by atomic mass is 19.3. The summed E-state index contributed by atoms with van der Waals surface area (Å²) in [6.07, 6.45) is -1.29. The van der Waals surface area contributed by atoms with E-state index >= 15 is 0 Å². The van der Waals surface area contributed by atoms with Crippen molar-refractivity contribution in [3.63, 3.8) is 0 Å². The van der Waals surface area contributed by atoms with Gasteiger partial charge in [0.25, 0.3) is 6.43 Å². The molecule has 3 heterocycles. The molecule has 1 unspecified atom stereocenters. The van der Waals surface area contributed by atoms with Gasteiger partial charge in [-0.15, -0.1) is 0 Å². The van der Waals surface area contributed by atoms with E-state index in [1.165, 1.54) is 18.2 Å². The van der Waals surface area contributed by atoms with E-state index in [9.17, 15) is 13.2 Å². The Bertz CT molecular complexity index is 975. The van der Waals surface area contributed by atoms with Gasteiger partial charge in [0.2, 0.25) is 5.89 Å². The molecule has 1 aromatic carbocycles. The number of halogens is 3. The Labute approximate surface area is 153 Å². The predicted molar refractivity (Wildman–Crippen MR) is 92.2 cm³/mol. The van der Waals surface area contributed by atoms with Gasteiger partial charge in [0, 0.05) is 17.8 Å². The highest BCUT2D eigenvalue weighted by Crippen LogP contribution is 2.38. The molecular formula is C18H18F3N5O. The second kappa shape index (κ2) is 6.79. The first-order chi connectivity index (χ1) is 12.9. The van der Waals surface area contributed by atoms with Gasteiger partial charge in [0.1, 0.15) is 11.6 Å². The molecule has 0 N–H and O–H groups in total. The molecule has 0 amide bonds. The predicted octanol–water partition coefficient (Wildman–Crippen LogP) is 4.55. The summed E-state index contributed by atoms with van der Waals surface area (Å²) in [5.41, 5.74) is 0.276. The molecule has 1 fully saturated rings. The SMILES string of the molecule is CC(C)c1nc(C2CCCN2c2nc(C(F)F)nc3ccc(F)cc23)no1. The van der Waals surface area contributed by atoms with Gasteiger partial charge in [0.05, 0.1) is 11.6 Å². The van der Waals surface area contributed by atoms with Gasteiger partial charge in [0.15, 0.2) is 11.6 Å². The smallest absolute Gasteiger partial charge is 0.297 e. The maximum atomic E-state index is 13.8. The first kappa shape index (κ1) is 17.7. The minimum absolute atomic E-state index is 0.0838. The summed E-state index contributed by atoms with van der Waals surface area (Å²) in [5.74, 6) is 0.302. The molecule has 3 aromatic rings. The summed E-state index contributed by atoms with van der Waals surface area (Å²) in [6.45, 7) is 4.46. The number of benzene rings is 1. The molecular weight excluding hydrogens is 359 g/mol. The van der Waals surface area contributed by atoms with E-state index in [2.05, 4.69) is 20.1 Å². The van der Waals surface area contributed by atoms with Crippen molar-refractivity contribution >= 4 is 16.7 Å². The number of hydrogen-bond acceptors (Lipinski definition) is 6. The van der Waals surface area contributed by atoms with Gasteiger partial charge < -0.3 is 9.42 Å². The molecule has 0 aliphatic carbocycles. The van der Waals surface area contributed by atoms with E-state index in [4.69, 9.17) is 4.52 Å². The monoisotopic (exact) mass is 377 g/mol. The van der Waals surface area contributed by atoms with Crippen LogP contribution >= 0.6 is 0 Å². The molecule has 6 nitrogen and oxygen atoms in total. The lowest BCUT2D eigenvalue weighted by Crippen LogP contribution is -2.25. The van der Waals surface area contributed by atoms with E-state index in [0.717, 1.165) is 12.8 Å². The Hall–Kier alpha value is -2.71. The van der Waals surface area contributed by atoms with Crippen LogP contribution in [-0.2, 0) is 0 Å². The molecule has 0 bridgehead atoms. The fourth-order valence-electron chi connectivity index (χ4n) is 3.32. The van der Waals surface area contributed by atoms with Crippen LogP contribution in [0.25, 0.3) is 10.9 Å². The molecule has 142 valence electrons. The van der Waals surface area contributed by atoms with Crippen molar-refractivity contribution in [3.8, 4) is 0 Å². The van der Waals surface area contributed by atoms with Crippen molar-refractivity contribution in [2.24, 2.45) is 0 Å². The maximum absolute atomic E-state index is 13.8. The lowest BCUT2D eigenvalue weighted by atomic mass is 10.1. The maximum Gasteiger partial charge on any atom is 0.297 e. The summed E-state index contributed by atoms with van der Waals surface area (Å²) in [4.78, 5) is 14.2. The average molecular weight is 377 g/mol. The van der Waals surface area contributed by atoms with Crippen molar-refractivity contribution in [3.05, 3.63) is 41.6 Å². The van der Waals surface area contributed by atoms with Crippen molar-refractivity contribution in [1.29, 1.82) is 0 Å². The summed E-state index contributed by atoms with van der Waals surface area (Å²) >= 11 is 0. The van der Waals surface area contributed by atoms with Crippen LogP contribution in [0.15, 0.2) is 22.7 Å². The summed E-state index contributed by atoms with van der Waals surface area (Å²) < 4.78 is 45.7. The summed E-state index contributed by atoms with van der Waals surface area (Å²) in [5, 5.41) is 4.44. The van der Waals surface area contributed by atoms with Crippen molar-refractivity contribution in [2.75, 3.05) is 11.4 Å². The molecule has 0 spiro atoms. The minimum atomic E-state index is -2.82. The zero-order valence-electron chi connectivity index (χ0n) is 14.9. The van der Waals surface area contributed by atoms with Crippen molar-refractivity contribution < 1.29 is 17.7 Å². The molecule has 27 heavy (non-hydrogen) atoms. The van der Waals surface area contributed by atoms with Crippen LogP contribution in [-0.4, -0.2) is 26.7 Å². The van der Waals surface area contributed by atoms with Crippen molar-refractivity contribution in [1.82, 2.24) is 20.1 Å². The second-order valence-electron chi connectivity index (χ2n) is 6.86. The zero-order valence-corrected chi connectivity index (χ0v) is 14.9. The van der Waals surface area contributed by atoms with Crippen LogP contribution in [0, 0.1) is 5.82 Å². The third-order valence-corrected chi connectivity index (χ3v) is 4.62. The van der Waals surface area contributed by atoms with E-state index in [1.807, 2.05) is 18.7 Å². The normalized spacial score (nSPS) is 17.6. The summed E-state index contributed by atoms with van der Waals surface area (Å²) in [7, 11) is 0. The molecule has 9 heteroatoms. The molecule has 0 radical (unpaired) electrons. The minimum Gasteiger partial charge on any atom is -0.346 e. The van der Waals surface area contributed by atoms with Crippen LogP contribution in [0.4, 0.5) is 19.0 Å². The third-order valence-electron chi connectivity index (χ3n) is 4.62. The van der Waals surface area contributed by atoms with Gasteiger partial charge in [-0.3, -0.25) is 0 Å². The average Bonchev–Trinajstić information content (AvgIpc) is 3.29. The van der Waals surface area contributed by atoms with Gasteiger partial charge in [-0.05, 0) is 31.0 Å². The molecule has 1 aliphatic rings. The number of hydrogen-bond donors (Lipinski definition) is 0. The van der Waals surface area contributed by atoms with E-state index in [1.54, 1.807) is 0 Å². The first-order valence-corrected chi connectivity index (χ1v) is 8.79. The molecule has 4 rings (SSSR count). The Morgan fingerprint density at radius 2 is 2.00 bits per heavy atom. The van der Waals surface area contributed by atoms with Crippen LogP contribution in [0.5, 0.6) is 0 Å². The highest BCUT2D eigenvalue weighted by molar-refractivity contribution is 5.90. The number of fused-ring (bicyclic) bond motifs is 1. The third kappa shape index (κ3) is 3.22. The summed E-state index contributed by atoms with van der Waals surface area (Å²) in [6, 6.07) is 3.58. The second-order valence-corrected chi connectivity index (χ2v) is 6.86. The topological polar surface area (TPSA) is 67.9 Å². The van der Waals surface area contributed by atoms with E-state index in [-0.39, 0.29) is 23.3 Å². The van der Waals surface area contributed by atoms with E-state index < -0.39 is 18.1 Å². The molecule has 1 atom stereocenters. The Morgan fingerprint density at radius 1 is 1.19 bits per heavy atom. The van der Waals surface area contributed by atoms with Crippen LogP contribution in [0.1, 0.15) is 62.6 Å². The van der Waals surface area contributed by atoms with Crippen LogP contribution in [0.3, 0.4) is 0 Å². The Kier molecular flexibility index (Phi) is 4.45. The van der Waals surface area contributed by atoms with Crippen LogP contribution < -0.4 is 4.90 Å². The lowest BCUT2D eigenvalue weighted by Gasteiger charge is -2.25. The zero-order chi connectivity index (χ0) is 19.1. The standard InChI is InChI=1S/C18H18F3N5O/c1-9(2)18-24-15(25-27-18)13-4-3-7-26(13)17-11-8-10(19)5-6-12(11)22-16(23-17)14(20)21/h5-6,8-9,13-14H,3-4,7H2,1-2H3. The van der Waals surface area contributed by atoms with Crippen molar-refractivity contribution in [2.45, 2.75) is 45.1 Å². The quantitative estimate of drug-likeness (QED) is 0.664. The fraction of sp³-hybridized carbons (Fsp3) is 0.444. The molecule has 1 aliphatic heterocycles. The molecule has 1 saturated heterocycles. The van der Waals surface area contributed by atoms with Gasteiger partial charge in [-0.1, -0.05) is 19.0 Å². The van der Waals surface area contributed by atoms with Gasteiger partial charge in [-0.25, -0.2) is 23.1 Å². The van der Waals surface area contributed by atoms with Gasteiger partial charge >= 0.3 is 0 Å². The number of aromatic nitrogens is 4. The van der Waals surface area contributed by atoms with Gasteiger partial charge in [-0.2, -0.15) is 4.98 Å².